The predicted molar refractivity (Wildman–Crippen MR) is 76.6 cm³/mol. The van der Waals surface area contributed by atoms with Crippen molar-refractivity contribution in [1.82, 2.24) is 0 Å². The molecule has 0 radical (unpaired) electrons. The molecule has 0 fully saturated rings. The van der Waals surface area contributed by atoms with E-state index in [2.05, 4.69) is 5.32 Å². The summed E-state index contributed by atoms with van der Waals surface area (Å²) in [6.07, 6.45) is 0. The van der Waals surface area contributed by atoms with E-state index in [0.717, 1.165) is 10.4 Å². The van der Waals surface area contributed by atoms with Crippen LogP contribution in [-0.4, -0.2) is 25.5 Å². The summed E-state index contributed by atoms with van der Waals surface area (Å²) in [5.74, 6) is -0.649. The van der Waals surface area contributed by atoms with Crippen LogP contribution in [0.4, 0.5) is 5.00 Å². The highest BCUT2D eigenvalue weighted by atomic mass is 32.1. The number of aryl methyl sites for hydroxylation is 1. The smallest absolute Gasteiger partial charge is 0.341 e. The van der Waals surface area contributed by atoms with E-state index < -0.39 is 11.4 Å². The third-order valence-electron chi connectivity index (χ3n) is 3.13. The van der Waals surface area contributed by atoms with Crippen LogP contribution in [0.5, 0.6) is 0 Å². The number of amides is 1. The number of thiophene rings is 1. The SMILES string of the molecule is COC(=O)c1c(NC(=O)C(C)(C)CN)sc(C)c1C. The largest absolute Gasteiger partial charge is 0.465 e. The molecule has 5 nitrogen and oxygen atoms in total. The van der Waals surface area contributed by atoms with Gasteiger partial charge in [0.2, 0.25) is 5.91 Å². The molecule has 0 unspecified atom stereocenters. The fourth-order valence-corrected chi connectivity index (χ4v) is 2.47. The summed E-state index contributed by atoms with van der Waals surface area (Å²) in [5, 5.41) is 3.30. The first kappa shape index (κ1) is 15.7. The van der Waals surface area contributed by atoms with E-state index in [1.807, 2.05) is 13.8 Å². The first-order valence-corrected chi connectivity index (χ1v) is 6.76. The van der Waals surface area contributed by atoms with Gasteiger partial charge in [-0.15, -0.1) is 11.3 Å². The van der Waals surface area contributed by atoms with Crippen molar-refractivity contribution in [2.75, 3.05) is 19.0 Å². The number of hydrogen-bond donors (Lipinski definition) is 2. The number of esters is 1. The van der Waals surface area contributed by atoms with Crippen molar-refractivity contribution < 1.29 is 14.3 Å². The van der Waals surface area contributed by atoms with Crippen LogP contribution in [0.1, 0.15) is 34.6 Å². The number of rotatable bonds is 4. The number of methoxy groups -OCH3 is 1. The molecule has 0 saturated carbocycles. The summed E-state index contributed by atoms with van der Waals surface area (Å²) in [7, 11) is 1.32. The summed E-state index contributed by atoms with van der Waals surface area (Å²) in [6, 6.07) is 0. The van der Waals surface area contributed by atoms with Crippen molar-refractivity contribution in [3.8, 4) is 0 Å². The quantitative estimate of drug-likeness (QED) is 0.829. The van der Waals surface area contributed by atoms with Crippen LogP contribution in [0.2, 0.25) is 0 Å². The highest BCUT2D eigenvalue weighted by Crippen LogP contribution is 2.33. The lowest BCUT2D eigenvalue weighted by Crippen LogP contribution is -2.37. The number of ether oxygens (including phenoxy) is 1. The van der Waals surface area contributed by atoms with Crippen molar-refractivity contribution in [1.29, 1.82) is 0 Å². The molecule has 1 aromatic heterocycles. The summed E-state index contributed by atoms with van der Waals surface area (Å²) in [4.78, 5) is 24.9. The number of carbonyl (C=O) groups excluding carboxylic acids is 2. The van der Waals surface area contributed by atoms with Crippen LogP contribution in [0.25, 0.3) is 0 Å². The van der Waals surface area contributed by atoms with E-state index in [1.165, 1.54) is 18.4 Å². The Morgan fingerprint density at radius 3 is 2.42 bits per heavy atom. The van der Waals surface area contributed by atoms with Gasteiger partial charge >= 0.3 is 5.97 Å². The van der Waals surface area contributed by atoms with Gasteiger partial charge in [-0.1, -0.05) is 0 Å². The third-order valence-corrected chi connectivity index (χ3v) is 4.25. The fourth-order valence-electron chi connectivity index (χ4n) is 1.43. The molecule has 0 aliphatic carbocycles. The van der Waals surface area contributed by atoms with E-state index in [4.69, 9.17) is 10.5 Å². The summed E-state index contributed by atoms with van der Waals surface area (Å²) >= 11 is 1.37. The van der Waals surface area contributed by atoms with Crippen LogP contribution >= 0.6 is 11.3 Å². The maximum Gasteiger partial charge on any atom is 0.341 e. The number of anilines is 1. The molecule has 0 saturated heterocycles. The Morgan fingerprint density at radius 1 is 1.37 bits per heavy atom. The molecule has 0 spiro atoms. The minimum absolute atomic E-state index is 0.207. The zero-order valence-corrected chi connectivity index (χ0v) is 12.7. The van der Waals surface area contributed by atoms with Gasteiger partial charge in [0.1, 0.15) is 5.00 Å². The van der Waals surface area contributed by atoms with Crippen molar-refractivity contribution in [3.63, 3.8) is 0 Å². The first-order valence-electron chi connectivity index (χ1n) is 5.94. The highest BCUT2D eigenvalue weighted by Gasteiger charge is 2.29. The van der Waals surface area contributed by atoms with E-state index in [9.17, 15) is 9.59 Å². The molecule has 0 aliphatic rings. The van der Waals surface area contributed by atoms with Crippen LogP contribution in [0.15, 0.2) is 0 Å². The zero-order valence-electron chi connectivity index (χ0n) is 11.9. The Balaban J connectivity index is 3.12. The minimum Gasteiger partial charge on any atom is -0.465 e. The predicted octanol–water partition coefficient (Wildman–Crippen LogP) is 2.07. The molecule has 1 heterocycles. The average molecular weight is 284 g/mol. The highest BCUT2D eigenvalue weighted by molar-refractivity contribution is 7.16. The van der Waals surface area contributed by atoms with Crippen LogP contribution in [0, 0.1) is 19.3 Å². The lowest BCUT2D eigenvalue weighted by atomic mass is 9.93. The second kappa shape index (κ2) is 5.71. The van der Waals surface area contributed by atoms with E-state index in [-0.39, 0.29) is 12.5 Å². The van der Waals surface area contributed by atoms with Crippen molar-refractivity contribution in [2.45, 2.75) is 27.7 Å². The lowest BCUT2D eigenvalue weighted by Gasteiger charge is -2.21. The normalized spacial score (nSPS) is 11.3. The van der Waals surface area contributed by atoms with Gasteiger partial charge in [-0.3, -0.25) is 4.79 Å². The number of hydrogen-bond acceptors (Lipinski definition) is 5. The maximum atomic E-state index is 12.1. The van der Waals surface area contributed by atoms with Gasteiger partial charge in [0.25, 0.3) is 0 Å². The number of nitrogens with two attached hydrogens (primary N) is 1. The number of nitrogens with one attached hydrogen (secondary N) is 1. The summed E-state index contributed by atoms with van der Waals surface area (Å²) in [5.41, 5.74) is 6.14. The zero-order chi connectivity index (χ0) is 14.8. The molecule has 0 aliphatic heterocycles. The molecule has 1 amide bonds. The topological polar surface area (TPSA) is 81.4 Å². The van der Waals surface area contributed by atoms with E-state index in [1.54, 1.807) is 13.8 Å². The van der Waals surface area contributed by atoms with Gasteiger partial charge in [0.05, 0.1) is 18.1 Å². The average Bonchev–Trinajstić information content (AvgIpc) is 2.64. The molecular weight excluding hydrogens is 264 g/mol. The third kappa shape index (κ3) is 3.13. The van der Waals surface area contributed by atoms with E-state index in [0.29, 0.717) is 10.6 Å². The van der Waals surface area contributed by atoms with Gasteiger partial charge in [-0.25, -0.2) is 4.79 Å². The number of carbonyl (C=O) groups is 2. The van der Waals surface area contributed by atoms with Crippen molar-refractivity contribution in [2.24, 2.45) is 11.1 Å². The lowest BCUT2D eigenvalue weighted by molar-refractivity contribution is -0.123. The maximum absolute atomic E-state index is 12.1. The van der Waals surface area contributed by atoms with Gasteiger partial charge in [-0.2, -0.15) is 0 Å². The standard InChI is InChI=1S/C13H20N2O3S/c1-7-8(2)19-10(9(7)11(16)18-5)15-12(17)13(3,4)6-14/h6,14H2,1-5H3,(H,15,17). The second-order valence-corrected chi connectivity index (χ2v) is 6.25. The van der Waals surface area contributed by atoms with Gasteiger partial charge in [0.15, 0.2) is 0 Å². The van der Waals surface area contributed by atoms with Crippen LogP contribution < -0.4 is 11.1 Å². The molecular formula is C13H20N2O3S. The van der Waals surface area contributed by atoms with Crippen LogP contribution in [0.3, 0.4) is 0 Å². The van der Waals surface area contributed by atoms with Crippen molar-refractivity contribution >= 4 is 28.2 Å². The monoisotopic (exact) mass is 284 g/mol. The molecule has 0 aromatic carbocycles. The Morgan fingerprint density at radius 2 is 1.95 bits per heavy atom. The fraction of sp³-hybridized carbons (Fsp3) is 0.538. The Hall–Kier alpha value is -1.40. The van der Waals surface area contributed by atoms with Crippen LogP contribution in [-0.2, 0) is 9.53 Å². The van der Waals surface area contributed by atoms with Gasteiger partial charge in [0, 0.05) is 11.4 Å². The molecule has 0 atom stereocenters. The molecule has 1 rings (SSSR count). The minimum atomic E-state index is -0.681. The second-order valence-electron chi connectivity index (χ2n) is 5.02. The summed E-state index contributed by atoms with van der Waals surface area (Å²) in [6.45, 7) is 7.48. The molecule has 106 valence electrons. The Kier molecular flexibility index (Phi) is 4.70. The Bertz CT molecular complexity index is 506. The molecule has 1 aromatic rings. The molecule has 0 bridgehead atoms. The molecule has 6 heteroatoms. The first-order chi connectivity index (χ1) is 8.74. The van der Waals surface area contributed by atoms with Gasteiger partial charge < -0.3 is 15.8 Å². The Labute approximate surface area is 117 Å². The molecule has 19 heavy (non-hydrogen) atoms. The van der Waals surface area contributed by atoms with Gasteiger partial charge in [-0.05, 0) is 33.3 Å². The summed E-state index contributed by atoms with van der Waals surface area (Å²) < 4.78 is 4.76. The van der Waals surface area contributed by atoms with E-state index >= 15 is 0 Å². The molecule has 3 N–H and O–H groups in total. The van der Waals surface area contributed by atoms with Crippen molar-refractivity contribution in [3.05, 3.63) is 16.0 Å².